The zero-order valence-corrected chi connectivity index (χ0v) is 13.9. The average molecular weight is 401 g/mol. The molecule has 0 aliphatic heterocycles. The third-order valence-electron chi connectivity index (χ3n) is 2.18. The van der Waals surface area contributed by atoms with Gasteiger partial charge in [0.2, 0.25) is 5.78 Å². The molecule has 0 radical (unpaired) electrons. The van der Waals surface area contributed by atoms with Crippen LogP contribution in [0.5, 0.6) is 5.75 Å². The summed E-state index contributed by atoms with van der Waals surface area (Å²) < 4.78 is 6.13. The van der Waals surface area contributed by atoms with Crippen molar-refractivity contribution in [2.24, 2.45) is 0 Å². The summed E-state index contributed by atoms with van der Waals surface area (Å²) in [4.78, 5) is 12.5. The molecule has 0 N–H and O–H groups in total. The van der Waals surface area contributed by atoms with Crippen molar-refractivity contribution in [2.75, 3.05) is 6.61 Å². The summed E-state index contributed by atoms with van der Waals surface area (Å²) in [5.74, 6) is 0.109. The van der Waals surface area contributed by atoms with Crippen molar-refractivity contribution in [3.8, 4) is 5.75 Å². The molecule has 0 aliphatic carbocycles. The Morgan fingerprint density at radius 1 is 1.26 bits per heavy atom. The summed E-state index contributed by atoms with van der Waals surface area (Å²) in [6.07, 6.45) is 0. The normalized spacial score (nSPS) is 10.5. The van der Waals surface area contributed by atoms with Gasteiger partial charge < -0.3 is 4.74 Å². The number of benzene rings is 1. The SMILES string of the molecule is O=C(COc1c(Cl)cc(Cl)cc1Cl)c1sccc1Br. The van der Waals surface area contributed by atoms with E-state index in [0.29, 0.717) is 9.90 Å². The van der Waals surface area contributed by atoms with Gasteiger partial charge in [-0.05, 0) is 39.5 Å². The van der Waals surface area contributed by atoms with E-state index in [-0.39, 0.29) is 28.2 Å². The van der Waals surface area contributed by atoms with E-state index in [1.165, 1.54) is 23.5 Å². The average Bonchev–Trinajstić information content (AvgIpc) is 2.73. The highest BCUT2D eigenvalue weighted by molar-refractivity contribution is 9.10. The molecule has 0 bridgehead atoms. The molecule has 100 valence electrons. The summed E-state index contributed by atoms with van der Waals surface area (Å²) in [5, 5.41) is 2.78. The van der Waals surface area contributed by atoms with Crippen molar-refractivity contribution in [1.82, 2.24) is 0 Å². The van der Waals surface area contributed by atoms with Crippen LogP contribution in [-0.4, -0.2) is 12.4 Å². The lowest BCUT2D eigenvalue weighted by molar-refractivity contribution is 0.0925. The molecule has 0 fully saturated rings. The van der Waals surface area contributed by atoms with Gasteiger partial charge >= 0.3 is 0 Å². The maximum atomic E-state index is 11.9. The van der Waals surface area contributed by atoms with E-state index in [4.69, 9.17) is 39.5 Å². The minimum Gasteiger partial charge on any atom is -0.482 e. The van der Waals surface area contributed by atoms with Crippen LogP contribution in [-0.2, 0) is 0 Å². The number of Topliss-reactive ketones (excluding diaryl/α,β-unsaturated/α-hetero) is 1. The summed E-state index contributed by atoms with van der Waals surface area (Å²) in [6.45, 7) is -0.139. The maximum Gasteiger partial charge on any atom is 0.211 e. The number of halogens is 4. The van der Waals surface area contributed by atoms with Gasteiger partial charge in [-0.2, -0.15) is 0 Å². The molecule has 2 aromatic rings. The van der Waals surface area contributed by atoms with Crippen molar-refractivity contribution >= 4 is 67.9 Å². The van der Waals surface area contributed by atoms with E-state index < -0.39 is 0 Å². The van der Waals surface area contributed by atoms with E-state index >= 15 is 0 Å². The first-order chi connectivity index (χ1) is 8.99. The van der Waals surface area contributed by atoms with Crippen LogP contribution in [0.25, 0.3) is 0 Å². The fourth-order valence-corrected chi connectivity index (χ4v) is 3.81. The zero-order chi connectivity index (χ0) is 14.0. The molecule has 1 aromatic heterocycles. The highest BCUT2D eigenvalue weighted by Crippen LogP contribution is 2.36. The molecular formula is C12H6BrCl3O2S. The van der Waals surface area contributed by atoms with Gasteiger partial charge in [0, 0.05) is 9.50 Å². The van der Waals surface area contributed by atoms with Crippen LogP contribution in [0, 0.1) is 0 Å². The van der Waals surface area contributed by atoms with Crippen LogP contribution in [0.1, 0.15) is 9.67 Å². The monoisotopic (exact) mass is 398 g/mol. The summed E-state index contributed by atoms with van der Waals surface area (Å²) >= 11 is 22.4. The fraction of sp³-hybridized carbons (Fsp3) is 0.0833. The number of ketones is 1. The summed E-state index contributed by atoms with van der Waals surface area (Å²) in [5.41, 5.74) is 0. The zero-order valence-electron chi connectivity index (χ0n) is 9.25. The van der Waals surface area contributed by atoms with Crippen molar-refractivity contribution in [2.45, 2.75) is 0 Å². The molecule has 0 saturated heterocycles. The second-order valence-electron chi connectivity index (χ2n) is 3.51. The second-order valence-corrected chi connectivity index (χ2v) is 6.53. The number of thiophene rings is 1. The van der Waals surface area contributed by atoms with Gasteiger partial charge in [-0.1, -0.05) is 34.8 Å². The Balaban J connectivity index is 2.12. The van der Waals surface area contributed by atoms with Crippen LogP contribution < -0.4 is 4.74 Å². The largest absolute Gasteiger partial charge is 0.482 e. The standard InChI is InChI=1S/C12H6BrCl3O2S/c13-7-1-2-19-12(7)10(17)5-18-11-8(15)3-6(14)4-9(11)16/h1-4H,5H2. The third-order valence-corrected chi connectivity index (χ3v) is 4.84. The van der Waals surface area contributed by atoms with Gasteiger partial charge in [0.1, 0.15) is 0 Å². The van der Waals surface area contributed by atoms with E-state index in [9.17, 15) is 4.79 Å². The van der Waals surface area contributed by atoms with E-state index in [1.807, 2.05) is 5.38 Å². The number of hydrogen-bond donors (Lipinski definition) is 0. The maximum absolute atomic E-state index is 11.9. The summed E-state index contributed by atoms with van der Waals surface area (Å²) in [7, 11) is 0. The number of carbonyl (C=O) groups is 1. The first-order valence-corrected chi connectivity index (χ1v) is 7.83. The molecule has 0 amide bonds. The molecule has 0 aliphatic rings. The third kappa shape index (κ3) is 3.64. The molecule has 1 heterocycles. The van der Waals surface area contributed by atoms with Gasteiger partial charge in [-0.15, -0.1) is 11.3 Å². The minimum absolute atomic E-state index is 0.139. The van der Waals surface area contributed by atoms with Crippen LogP contribution in [0.4, 0.5) is 0 Å². The molecule has 1 aromatic carbocycles. The van der Waals surface area contributed by atoms with Gasteiger partial charge in [0.05, 0.1) is 14.9 Å². The Bertz CT molecular complexity index is 604. The Morgan fingerprint density at radius 2 is 1.89 bits per heavy atom. The molecule has 2 nitrogen and oxygen atoms in total. The molecule has 2 rings (SSSR count). The first kappa shape index (κ1) is 15.1. The molecule has 19 heavy (non-hydrogen) atoms. The lowest BCUT2D eigenvalue weighted by Crippen LogP contribution is -2.11. The lowest BCUT2D eigenvalue weighted by atomic mass is 10.3. The Morgan fingerprint density at radius 3 is 2.42 bits per heavy atom. The fourth-order valence-electron chi connectivity index (χ4n) is 1.36. The van der Waals surface area contributed by atoms with Crippen molar-refractivity contribution < 1.29 is 9.53 Å². The number of hydrogen-bond acceptors (Lipinski definition) is 3. The van der Waals surface area contributed by atoms with E-state index in [1.54, 1.807) is 6.07 Å². The minimum atomic E-state index is -0.149. The van der Waals surface area contributed by atoms with E-state index in [0.717, 1.165) is 4.47 Å². The Labute approximate surface area is 137 Å². The van der Waals surface area contributed by atoms with Crippen LogP contribution in [0.2, 0.25) is 15.1 Å². The Hall–Kier alpha value is -0.260. The van der Waals surface area contributed by atoms with Gasteiger partial charge in [0.15, 0.2) is 12.4 Å². The molecule has 7 heteroatoms. The Kier molecular flexibility index (Phi) is 5.15. The molecule has 0 unspecified atom stereocenters. The molecule has 0 spiro atoms. The molecule has 0 atom stereocenters. The lowest BCUT2D eigenvalue weighted by Gasteiger charge is -2.09. The quantitative estimate of drug-likeness (QED) is 0.613. The second kappa shape index (κ2) is 6.46. The smallest absolute Gasteiger partial charge is 0.211 e. The predicted octanol–water partition coefficient (Wildman–Crippen LogP) is 5.73. The van der Waals surface area contributed by atoms with Gasteiger partial charge in [-0.3, -0.25) is 4.79 Å². The number of rotatable bonds is 4. The highest BCUT2D eigenvalue weighted by atomic mass is 79.9. The molecular weight excluding hydrogens is 394 g/mol. The van der Waals surface area contributed by atoms with Crippen LogP contribution in [0.3, 0.4) is 0 Å². The number of ether oxygens (including phenoxy) is 1. The van der Waals surface area contributed by atoms with E-state index in [2.05, 4.69) is 15.9 Å². The van der Waals surface area contributed by atoms with Crippen molar-refractivity contribution in [1.29, 1.82) is 0 Å². The van der Waals surface area contributed by atoms with Crippen molar-refractivity contribution in [3.05, 3.63) is 48.0 Å². The number of carbonyl (C=O) groups excluding carboxylic acids is 1. The predicted molar refractivity (Wildman–Crippen MR) is 83.3 cm³/mol. The van der Waals surface area contributed by atoms with Crippen LogP contribution in [0.15, 0.2) is 28.1 Å². The van der Waals surface area contributed by atoms with Gasteiger partial charge in [-0.25, -0.2) is 0 Å². The molecule has 0 saturated carbocycles. The van der Waals surface area contributed by atoms with Crippen LogP contribution >= 0.6 is 62.1 Å². The van der Waals surface area contributed by atoms with Crippen molar-refractivity contribution in [3.63, 3.8) is 0 Å². The summed E-state index contributed by atoms with van der Waals surface area (Å²) in [6, 6.07) is 4.83. The van der Waals surface area contributed by atoms with Gasteiger partial charge in [0.25, 0.3) is 0 Å². The first-order valence-electron chi connectivity index (χ1n) is 5.02. The topological polar surface area (TPSA) is 26.3 Å². The highest BCUT2D eigenvalue weighted by Gasteiger charge is 2.15.